The Hall–Kier alpha value is -3.77. The first-order chi connectivity index (χ1) is 22.5. The summed E-state index contributed by atoms with van der Waals surface area (Å²) in [6.07, 6.45) is 4.04. The predicted molar refractivity (Wildman–Crippen MR) is 168 cm³/mol. The third-order valence-corrected chi connectivity index (χ3v) is 6.48. The SMILES string of the molecule is CC(=O)CNC(=O)[C@H](CCCCN)NC(=O)[C@H](C)NC(=O)CCOCCOCCOCCOCCNC(=O)CCN1C(=O)C=CC1=O. The summed E-state index contributed by atoms with van der Waals surface area (Å²) in [5.74, 6) is -2.72. The molecule has 1 aliphatic rings. The minimum absolute atomic E-state index is 0.0222. The number of amides is 6. The van der Waals surface area contributed by atoms with Gasteiger partial charge in [-0.05, 0) is 39.7 Å². The summed E-state index contributed by atoms with van der Waals surface area (Å²) in [5, 5.41) is 10.3. The van der Waals surface area contributed by atoms with Gasteiger partial charge in [-0.25, -0.2) is 0 Å². The number of ketones is 1. The minimum atomic E-state index is -0.884. The number of nitrogens with one attached hydrogen (secondary N) is 4. The Labute approximate surface area is 275 Å². The second-order valence-electron chi connectivity index (χ2n) is 10.5. The molecule has 0 bridgehead atoms. The molecule has 0 aromatic heterocycles. The van der Waals surface area contributed by atoms with Crippen molar-refractivity contribution in [1.29, 1.82) is 0 Å². The topological polar surface area (TPSA) is 234 Å². The van der Waals surface area contributed by atoms with Gasteiger partial charge in [-0.15, -0.1) is 0 Å². The zero-order valence-electron chi connectivity index (χ0n) is 27.3. The predicted octanol–water partition coefficient (Wildman–Crippen LogP) is -2.30. The molecule has 1 heterocycles. The highest BCUT2D eigenvalue weighted by Gasteiger charge is 2.25. The lowest BCUT2D eigenvalue weighted by molar-refractivity contribution is -0.137. The molecule has 6 amide bonds. The Morgan fingerprint density at radius 3 is 1.89 bits per heavy atom. The number of imide groups is 1. The number of hydrogen-bond acceptors (Lipinski definition) is 12. The average molecular weight is 671 g/mol. The molecule has 47 heavy (non-hydrogen) atoms. The van der Waals surface area contributed by atoms with E-state index in [2.05, 4.69) is 21.3 Å². The van der Waals surface area contributed by atoms with Gasteiger partial charge in [0, 0.05) is 38.1 Å². The van der Waals surface area contributed by atoms with Gasteiger partial charge in [0.25, 0.3) is 11.8 Å². The second kappa shape index (κ2) is 25.3. The summed E-state index contributed by atoms with van der Waals surface area (Å²) in [7, 11) is 0. The molecule has 0 aromatic rings. The number of Topliss-reactive ketones (excluding diaryl/α,β-unsaturated/α-hetero) is 1. The Balaban J connectivity index is 2.00. The van der Waals surface area contributed by atoms with Gasteiger partial charge in [-0.3, -0.25) is 38.5 Å². The molecule has 0 aromatic carbocycles. The van der Waals surface area contributed by atoms with Crippen molar-refractivity contribution in [2.75, 3.05) is 79.0 Å². The lowest BCUT2D eigenvalue weighted by atomic mass is 10.1. The van der Waals surface area contributed by atoms with Crippen LogP contribution >= 0.6 is 0 Å². The van der Waals surface area contributed by atoms with Gasteiger partial charge in [0.2, 0.25) is 23.6 Å². The van der Waals surface area contributed by atoms with Gasteiger partial charge in [0.05, 0.1) is 59.4 Å². The van der Waals surface area contributed by atoms with Crippen molar-refractivity contribution in [3.63, 3.8) is 0 Å². The van der Waals surface area contributed by atoms with E-state index in [4.69, 9.17) is 24.7 Å². The number of rotatable bonds is 28. The van der Waals surface area contributed by atoms with Crippen LogP contribution in [0.2, 0.25) is 0 Å². The highest BCUT2D eigenvalue weighted by Crippen LogP contribution is 2.04. The molecule has 0 radical (unpaired) electrons. The van der Waals surface area contributed by atoms with Gasteiger partial charge in [0.1, 0.15) is 17.9 Å². The van der Waals surface area contributed by atoms with E-state index in [1.807, 2.05) is 0 Å². The van der Waals surface area contributed by atoms with Crippen molar-refractivity contribution >= 4 is 41.2 Å². The van der Waals surface area contributed by atoms with Crippen LogP contribution in [0, 0.1) is 0 Å². The van der Waals surface area contributed by atoms with Crippen molar-refractivity contribution < 1.29 is 52.5 Å². The molecule has 266 valence electrons. The monoisotopic (exact) mass is 670 g/mol. The third kappa shape index (κ3) is 20.2. The number of ether oxygens (including phenoxy) is 4. The average Bonchev–Trinajstić information content (AvgIpc) is 3.36. The Bertz CT molecular complexity index is 1040. The second-order valence-corrected chi connectivity index (χ2v) is 10.5. The summed E-state index contributed by atoms with van der Waals surface area (Å²) >= 11 is 0. The van der Waals surface area contributed by atoms with E-state index in [0.717, 1.165) is 4.90 Å². The summed E-state index contributed by atoms with van der Waals surface area (Å²) in [4.78, 5) is 84.0. The molecule has 2 atom stereocenters. The Morgan fingerprint density at radius 1 is 0.745 bits per heavy atom. The van der Waals surface area contributed by atoms with Crippen LogP contribution in [-0.2, 0) is 52.5 Å². The fourth-order valence-electron chi connectivity index (χ4n) is 3.91. The molecular weight excluding hydrogens is 620 g/mol. The first-order valence-electron chi connectivity index (χ1n) is 15.7. The molecule has 0 saturated carbocycles. The van der Waals surface area contributed by atoms with E-state index in [1.165, 1.54) is 26.0 Å². The highest BCUT2D eigenvalue weighted by atomic mass is 16.6. The Kier molecular flexibility index (Phi) is 22.2. The van der Waals surface area contributed by atoms with Gasteiger partial charge in [-0.2, -0.15) is 0 Å². The molecule has 0 fully saturated rings. The van der Waals surface area contributed by atoms with Crippen molar-refractivity contribution in [3.05, 3.63) is 12.2 Å². The number of nitrogens with two attached hydrogens (primary N) is 1. The zero-order chi connectivity index (χ0) is 34.9. The fourth-order valence-corrected chi connectivity index (χ4v) is 3.91. The maximum atomic E-state index is 12.6. The number of nitrogens with zero attached hydrogens (tertiary/aromatic N) is 1. The largest absolute Gasteiger partial charge is 0.379 e. The lowest BCUT2D eigenvalue weighted by Gasteiger charge is -2.21. The van der Waals surface area contributed by atoms with E-state index in [9.17, 15) is 33.6 Å². The first-order valence-corrected chi connectivity index (χ1v) is 15.7. The van der Waals surface area contributed by atoms with E-state index in [1.54, 1.807) is 0 Å². The molecule has 0 aliphatic carbocycles. The van der Waals surface area contributed by atoms with Crippen molar-refractivity contribution in [2.45, 2.75) is 58.0 Å². The van der Waals surface area contributed by atoms with E-state index in [-0.39, 0.29) is 57.4 Å². The van der Waals surface area contributed by atoms with E-state index < -0.39 is 41.6 Å². The normalized spacial score (nSPS) is 13.7. The summed E-state index contributed by atoms with van der Waals surface area (Å²) < 4.78 is 21.6. The summed E-state index contributed by atoms with van der Waals surface area (Å²) in [6.45, 7) is 5.82. The van der Waals surface area contributed by atoms with Gasteiger partial charge in [0.15, 0.2) is 0 Å². The molecule has 0 saturated heterocycles. The van der Waals surface area contributed by atoms with Crippen LogP contribution in [0.15, 0.2) is 12.2 Å². The number of unbranched alkanes of at least 4 members (excludes halogenated alkanes) is 1. The molecular formula is C30H50N6O11. The van der Waals surface area contributed by atoms with Crippen LogP contribution in [0.5, 0.6) is 0 Å². The van der Waals surface area contributed by atoms with Gasteiger partial charge in [-0.1, -0.05) is 0 Å². The quantitative estimate of drug-likeness (QED) is 0.0437. The minimum Gasteiger partial charge on any atom is -0.379 e. The van der Waals surface area contributed by atoms with Crippen molar-refractivity contribution in [3.8, 4) is 0 Å². The molecule has 6 N–H and O–H groups in total. The molecule has 17 heteroatoms. The van der Waals surface area contributed by atoms with Crippen LogP contribution in [0.25, 0.3) is 0 Å². The zero-order valence-corrected chi connectivity index (χ0v) is 27.3. The third-order valence-electron chi connectivity index (χ3n) is 6.48. The molecule has 1 rings (SSSR count). The van der Waals surface area contributed by atoms with Crippen molar-refractivity contribution in [1.82, 2.24) is 26.2 Å². The number of carbonyl (C=O) groups excluding carboxylic acids is 7. The van der Waals surface area contributed by atoms with Crippen LogP contribution in [0.4, 0.5) is 0 Å². The molecule has 1 aliphatic heterocycles. The molecule has 0 spiro atoms. The van der Waals surface area contributed by atoms with E-state index in [0.29, 0.717) is 65.4 Å². The lowest BCUT2D eigenvalue weighted by Crippen LogP contribution is -2.53. The van der Waals surface area contributed by atoms with Gasteiger partial charge < -0.3 is 45.9 Å². The summed E-state index contributed by atoms with van der Waals surface area (Å²) in [6, 6.07) is -1.73. The standard InChI is InChI=1S/C30H50N6O11/c1-22(37)21-33-30(43)24(5-3-4-10-31)35-29(42)23(2)34-26(39)9-13-44-15-17-46-19-20-47-18-16-45-14-11-32-25(38)8-12-36-27(40)6-7-28(36)41/h6-7,23-24H,3-5,8-21,31H2,1-2H3,(H,32,38)(H,33,43)(H,34,39)(H,35,42)/t23-,24-/m0/s1. The van der Waals surface area contributed by atoms with Crippen molar-refractivity contribution in [2.24, 2.45) is 5.73 Å². The maximum Gasteiger partial charge on any atom is 0.253 e. The van der Waals surface area contributed by atoms with Crippen LogP contribution in [-0.4, -0.2) is 137 Å². The smallest absolute Gasteiger partial charge is 0.253 e. The number of hydrogen-bond donors (Lipinski definition) is 5. The maximum absolute atomic E-state index is 12.6. The van der Waals surface area contributed by atoms with Crippen LogP contribution < -0.4 is 27.0 Å². The highest BCUT2D eigenvalue weighted by molar-refractivity contribution is 6.13. The first kappa shape index (κ1) is 41.3. The van der Waals surface area contributed by atoms with Gasteiger partial charge >= 0.3 is 0 Å². The molecule has 0 unspecified atom stereocenters. The number of carbonyl (C=O) groups is 7. The van der Waals surface area contributed by atoms with E-state index >= 15 is 0 Å². The summed E-state index contributed by atoms with van der Waals surface area (Å²) in [5.41, 5.74) is 5.51. The van der Waals surface area contributed by atoms with Crippen LogP contribution in [0.3, 0.4) is 0 Å². The Morgan fingerprint density at radius 2 is 1.32 bits per heavy atom. The molecule has 17 nitrogen and oxygen atoms in total. The van der Waals surface area contributed by atoms with Crippen LogP contribution in [0.1, 0.15) is 46.0 Å². The fraction of sp³-hybridized carbons (Fsp3) is 0.700.